The summed E-state index contributed by atoms with van der Waals surface area (Å²) in [6.45, 7) is 4.20. The van der Waals surface area contributed by atoms with Crippen LogP contribution in [-0.2, 0) is 20.9 Å². The maximum absolute atomic E-state index is 11.6. The number of hydrogen-bond donors (Lipinski definition) is 1. The number of aliphatic carboxylic acids is 1. The zero-order chi connectivity index (χ0) is 15.0. The highest BCUT2D eigenvalue weighted by molar-refractivity contribution is 5.76. The van der Waals surface area contributed by atoms with E-state index in [1.165, 1.54) is 0 Å². The molecule has 0 aliphatic heterocycles. The molecule has 110 valence electrons. The number of benzene rings is 1. The molecule has 0 saturated heterocycles. The lowest BCUT2D eigenvalue weighted by atomic mass is 10.1. The fourth-order valence-electron chi connectivity index (χ4n) is 2.06. The van der Waals surface area contributed by atoms with E-state index in [0.717, 1.165) is 5.56 Å². The Kier molecular flexibility index (Phi) is 6.73. The molecule has 0 fully saturated rings. The lowest BCUT2D eigenvalue weighted by molar-refractivity contribution is -0.149. The second-order valence-electron chi connectivity index (χ2n) is 4.46. The zero-order valence-corrected chi connectivity index (χ0v) is 11.9. The molecule has 0 aliphatic rings. The number of carbonyl (C=O) groups is 2. The van der Waals surface area contributed by atoms with Gasteiger partial charge in [-0.3, -0.25) is 14.5 Å². The van der Waals surface area contributed by atoms with Crippen LogP contribution in [0, 0.1) is 0 Å². The lowest BCUT2D eigenvalue weighted by Gasteiger charge is -2.27. The average Bonchev–Trinajstić information content (AvgIpc) is 2.40. The Hall–Kier alpha value is -1.88. The summed E-state index contributed by atoms with van der Waals surface area (Å²) in [5.41, 5.74) is 0.969. The molecule has 0 heterocycles. The van der Waals surface area contributed by atoms with Crippen molar-refractivity contribution >= 4 is 11.9 Å². The van der Waals surface area contributed by atoms with Crippen LogP contribution in [0.15, 0.2) is 30.3 Å². The molecule has 0 radical (unpaired) electrons. The first kappa shape index (κ1) is 16.2. The molecule has 5 nitrogen and oxygen atoms in total. The van der Waals surface area contributed by atoms with Crippen molar-refractivity contribution in [2.24, 2.45) is 0 Å². The molecule has 0 amide bonds. The second kappa shape index (κ2) is 8.32. The summed E-state index contributed by atoms with van der Waals surface area (Å²) < 4.78 is 4.91. The molecule has 0 aliphatic carbocycles. The summed E-state index contributed by atoms with van der Waals surface area (Å²) in [5.74, 6) is -1.32. The minimum Gasteiger partial charge on any atom is -0.480 e. The van der Waals surface area contributed by atoms with E-state index in [1.54, 1.807) is 18.7 Å². The Balaban J connectivity index is 2.83. The number of esters is 1. The van der Waals surface area contributed by atoms with Gasteiger partial charge in [0.05, 0.1) is 13.2 Å². The van der Waals surface area contributed by atoms with Crippen LogP contribution in [0.5, 0.6) is 0 Å². The maximum atomic E-state index is 11.6. The number of rotatable bonds is 8. The van der Waals surface area contributed by atoms with Crippen molar-refractivity contribution < 1.29 is 19.4 Å². The number of nitrogens with zero attached hydrogens (tertiary/aromatic N) is 1. The fourth-order valence-corrected chi connectivity index (χ4v) is 2.06. The van der Waals surface area contributed by atoms with Gasteiger partial charge in [0.15, 0.2) is 0 Å². The Labute approximate surface area is 119 Å². The Bertz CT molecular complexity index is 433. The maximum Gasteiger partial charge on any atom is 0.320 e. The van der Waals surface area contributed by atoms with Crippen LogP contribution >= 0.6 is 0 Å². The summed E-state index contributed by atoms with van der Waals surface area (Å²) in [6, 6.07) is 8.80. The first-order chi connectivity index (χ1) is 9.58. The van der Waals surface area contributed by atoms with Gasteiger partial charge in [-0.25, -0.2) is 0 Å². The summed E-state index contributed by atoms with van der Waals surface area (Å²) in [7, 11) is 0. The Morgan fingerprint density at radius 1 is 1.25 bits per heavy atom. The zero-order valence-electron chi connectivity index (χ0n) is 11.9. The Morgan fingerprint density at radius 2 is 1.90 bits per heavy atom. The van der Waals surface area contributed by atoms with Gasteiger partial charge < -0.3 is 9.84 Å². The number of carboxylic acid groups (broad SMARTS) is 1. The molecule has 5 heteroatoms. The molecule has 1 atom stereocenters. The molecule has 1 aromatic rings. The minimum absolute atomic E-state index is 0.0203. The standard InChI is InChI=1S/C15H21NO4/c1-3-13(15(18)19)16(11-14(17)20-4-2)10-12-8-6-5-7-9-12/h5-9,13H,3-4,10-11H2,1-2H3,(H,18,19). The third kappa shape index (κ3) is 5.01. The second-order valence-corrected chi connectivity index (χ2v) is 4.46. The van der Waals surface area contributed by atoms with E-state index in [2.05, 4.69) is 0 Å². The molecular weight excluding hydrogens is 258 g/mol. The predicted molar refractivity (Wildman–Crippen MR) is 75.2 cm³/mol. The topological polar surface area (TPSA) is 66.8 Å². The van der Waals surface area contributed by atoms with Gasteiger partial charge in [-0.2, -0.15) is 0 Å². The van der Waals surface area contributed by atoms with Gasteiger partial charge in [0.1, 0.15) is 6.04 Å². The van der Waals surface area contributed by atoms with Crippen molar-refractivity contribution in [1.29, 1.82) is 0 Å². The van der Waals surface area contributed by atoms with Crippen LogP contribution in [0.4, 0.5) is 0 Å². The number of carbonyl (C=O) groups excluding carboxylic acids is 1. The number of ether oxygens (including phenoxy) is 1. The summed E-state index contributed by atoms with van der Waals surface area (Å²) in [6.07, 6.45) is 0.432. The lowest BCUT2D eigenvalue weighted by Crippen LogP contribution is -2.43. The molecule has 1 N–H and O–H groups in total. The van der Waals surface area contributed by atoms with E-state index in [9.17, 15) is 14.7 Å². The number of hydrogen-bond acceptors (Lipinski definition) is 4. The fraction of sp³-hybridized carbons (Fsp3) is 0.467. The van der Waals surface area contributed by atoms with Crippen LogP contribution in [0.3, 0.4) is 0 Å². The molecule has 0 spiro atoms. The normalized spacial score (nSPS) is 12.2. The highest BCUT2D eigenvalue weighted by Gasteiger charge is 2.26. The third-order valence-corrected chi connectivity index (χ3v) is 2.98. The summed E-state index contributed by atoms with van der Waals surface area (Å²) in [5, 5.41) is 9.27. The van der Waals surface area contributed by atoms with Gasteiger partial charge in [0.25, 0.3) is 0 Å². The highest BCUT2D eigenvalue weighted by atomic mass is 16.5. The van der Waals surface area contributed by atoms with E-state index < -0.39 is 18.0 Å². The van der Waals surface area contributed by atoms with Gasteiger partial charge >= 0.3 is 11.9 Å². The van der Waals surface area contributed by atoms with Gasteiger partial charge in [0.2, 0.25) is 0 Å². The van der Waals surface area contributed by atoms with Crippen LogP contribution in [0.1, 0.15) is 25.8 Å². The first-order valence-electron chi connectivity index (χ1n) is 6.74. The molecule has 1 aromatic carbocycles. The van der Waals surface area contributed by atoms with Gasteiger partial charge in [0, 0.05) is 6.54 Å². The van der Waals surface area contributed by atoms with Gasteiger partial charge in [-0.15, -0.1) is 0 Å². The molecule has 0 bridgehead atoms. The number of carboxylic acids is 1. The molecular formula is C15H21NO4. The van der Waals surface area contributed by atoms with E-state index in [1.807, 2.05) is 30.3 Å². The molecule has 1 rings (SSSR count). The molecule has 20 heavy (non-hydrogen) atoms. The van der Waals surface area contributed by atoms with Gasteiger partial charge in [-0.05, 0) is 18.9 Å². The summed E-state index contributed by atoms with van der Waals surface area (Å²) >= 11 is 0. The van der Waals surface area contributed by atoms with Crippen LogP contribution in [-0.4, -0.2) is 41.1 Å². The van der Waals surface area contributed by atoms with Crippen molar-refractivity contribution in [2.75, 3.05) is 13.2 Å². The van der Waals surface area contributed by atoms with E-state index >= 15 is 0 Å². The first-order valence-corrected chi connectivity index (χ1v) is 6.74. The van der Waals surface area contributed by atoms with Crippen molar-refractivity contribution in [3.63, 3.8) is 0 Å². The average molecular weight is 279 g/mol. The quantitative estimate of drug-likeness (QED) is 0.736. The van der Waals surface area contributed by atoms with Crippen molar-refractivity contribution in [1.82, 2.24) is 4.90 Å². The Morgan fingerprint density at radius 3 is 2.40 bits per heavy atom. The predicted octanol–water partition coefficient (Wildman–Crippen LogP) is 1.91. The highest BCUT2D eigenvalue weighted by Crippen LogP contribution is 2.11. The smallest absolute Gasteiger partial charge is 0.320 e. The molecule has 0 saturated carbocycles. The third-order valence-electron chi connectivity index (χ3n) is 2.98. The monoisotopic (exact) mass is 279 g/mol. The molecule has 1 unspecified atom stereocenters. The van der Waals surface area contributed by atoms with Crippen molar-refractivity contribution in [3.05, 3.63) is 35.9 Å². The van der Waals surface area contributed by atoms with Gasteiger partial charge in [-0.1, -0.05) is 37.3 Å². The minimum atomic E-state index is -0.923. The van der Waals surface area contributed by atoms with E-state index in [4.69, 9.17) is 4.74 Å². The van der Waals surface area contributed by atoms with E-state index in [-0.39, 0.29) is 6.54 Å². The molecule has 0 aromatic heterocycles. The van der Waals surface area contributed by atoms with E-state index in [0.29, 0.717) is 19.6 Å². The summed E-state index contributed by atoms with van der Waals surface area (Å²) in [4.78, 5) is 24.6. The van der Waals surface area contributed by atoms with Crippen molar-refractivity contribution in [3.8, 4) is 0 Å². The largest absolute Gasteiger partial charge is 0.480 e. The van der Waals surface area contributed by atoms with Crippen LogP contribution < -0.4 is 0 Å². The van der Waals surface area contributed by atoms with Crippen LogP contribution in [0.25, 0.3) is 0 Å². The van der Waals surface area contributed by atoms with Crippen LogP contribution in [0.2, 0.25) is 0 Å². The van der Waals surface area contributed by atoms with Crippen molar-refractivity contribution in [2.45, 2.75) is 32.9 Å². The SMILES string of the molecule is CCOC(=O)CN(Cc1ccccc1)C(CC)C(=O)O.